The van der Waals surface area contributed by atoms with E-state index in [2.05, 4.69) is 63.5 Å². The van der Waals surface area contributed by atoms with Crippen molar-refractivity contribution in [1.82, 2.24) is 25.4 Å². The third-order valence-electron chi connectivity index (χ3n) is 5.53. The topological polar surface area (TPSA) is 73.9 Å². The normalized spacial score (nSPS) is 15.4. The second-order valence-corrected chi connectivity index (χ2v) is 7.87. The van der Waals surface area contributed by atoms with Gasteiger partial charge in [0.15, 0.2) is 0 Å². The first-order chi connectivity index (χ1) is 14.1. The minimum absolute atomic E-state index is 0.0841. The van der Waals surface area contributed by atoms with Crippen molar-refractivity contribution in [3.8, 4) is 11.3 Å². The fourth-order valence-electron chi connectivity index (χ4n) is 3.93. The zero-order chi connectivity index (χ0) is 20.2. The van der Waals surface area contributed by atoms with Crippen LogP contribution in [0, 0.1) is 13.8 Å². The number of carbonyl (C=O) groups is 1. The van der Waals surface area contributed by atoms with Crippen LogP contribution in [0.2, 0.25) is 0 Å². The maximum absolute atomic E-state index is 12.7. The van der Waals surface area contributed by atoms with Gasteiger partial charge in [0.05, 0.1) is 5.69 Å². The van der Waals surface area contributed by atoms with E-state index in [1.54, 1.807) is 6.20 Å². The molecule has 1 aliphatic rings. The van der Waals surface area contributed by atoms with Gasteiger partial charge in [-0.05, 0) is 49.9 Å². The molecule has 0 saturated carbocycles. The first kappa shape index (κ1) is 19.3. The molecule has 1 aliphatic heterocycles. The van der Waals surface area contributed by atoms with Gasteiger partial charge in [-0.15, -0.1) is 0 Å². The molecule has 2 aromatic heterocycles. The molecule has 0 aliphatic carbocycles. The monoisotopic (exact) mass is 389 g/mol. The van der Waals surface area contributed by atoms with Crippen molar-refractivity contribution in [2.75, 3.05) is 13.1 Å². The number of rotatable bonds is 5. The van der Waals surface area contributed by atoms with Gasteiger partial charge in [0, 0.05) is 43.6 Å². The molecule has 3 heterocycles. The third-order valence-corrected chi connectivity index (χ3v) is 5.53. The summed E-state index contributed by atoms with van der Waals surface area (Å²) >= 11 is 0. The number of aromatic amines is 1. The molecule has 0 unspecified atom stereocenters. The number of benzene rings is 1. The smallest absolute Gasteiger partial charge is 0.269 e. The molecule has 0 spiro atoms. The van der Waals surface area contributed by atoms with E-state index in [0.29, 0.717) is 5.69 Å². The van der Waals surface area contributed by atoms with Crippen molar-refractivity contribution in [3.05, 3.63) is 71.2 Å². The molecule has 1 aromatic carbocycles. The minimum atomic E-state index is -0.0841. The molecule has 1 fully saturated rings. The average Bonchev–Trinajstić information content (AvgIpc) is 3.20. The molecule has 0 radical (unpaired) electrons. The summed E-state index contributed by atoms with van der Waals surface area (Å²) in [6, 6.07) is 12.4. The summed E-state index contributed by atoms with van der Waals surface area (Å²) < 4.78 is 0. The standard InChI is InChI=1S/C23H27N5O/c1-16-5-6-20(17(2)12-16)21-13-22(27-26-21)23(29)25-19-7-10-28(11-8-19)15-18-4-3-9-24-14-18/h3-6,9,12-14,19H,7-8,10-11,15H2,1-2H3,(H,25,29)(H,26,27). The summed E-state index contributed by atoms with van der Waals surface area (Å²) in [6.07, 6.45) is 5.61. The lowest BCUT2D eigenvalue weighted by Crippen LogP contribution is -2.44. The number of H-pyrrole nitrogens is 1. The Morgan fingerprint density at radius 3 is 2.76 bits per heavy atom. The Morgan fingerprint density at radius 1 is 1.21 bits per heavy atom. The van der Waals surface area contributed by atoms with E-state index in [1.807, 2.05) is 18.3 Å². The Labute approximate surface area is 171 Å². The highest BCUT2D eigenvalue weighted by molar-refractivity contribution is 5.93. The molecular formula is C23H27N5O. The van der Waals surface area contributed by atoms with Gasteiger partial charge in [0.25, 0.3) is 5.91 Å². The number of nitrogens with zero attached hydrogens (tertiary/aromatic N) is 3. The Hall–Kier alpha value is -2.99. The van der Waals surface area contributed by atoms with Crippen molar-refractivity contribution in [2.45, 2.75) is 39.3 Å². The molecule has 0 atom stereocenters. The van der Waals surface area contributed by atoms with Crippen LogP contribution in [0.5, 0.6) is 0 Å². The molecule has 6 nitrogen and oxygen atoms in total. The highest BCUT2D eigenvalue weighted by Gasteiger charge is 2.22. The summed E-state index contributed by atoms with van der Waals surface area (Å²) in [5, 5.41) is 10.4. The maximum Gasteiger partial charge on any atom is 0.269 e. The predicted octanol–water partition coefficient (Wildman–Crippen LogP) is 3.48. The van der Waals surface area contributed by atoms with Crippen LogP contribution in [0.1, 0.15) is 40.0 Å². The largest absolute Gasteiger partial charge is 0.348 e. The van der Waals surface area contributed by atoms with E-state index >= 15 is 0 Å². The van der Waals surface area contributed by atoms with Crippen molar-refractivity contribution < 1.29 is 4.79 Å². The number of nitrogens with one attached hydrogen (secondary N) is 2. The van der Waals surface area contributed by atoms with Crippen LogP contribution in [0.25, 0.3) is 11.3 Å². The van der Waals surface area contributed by atoms with Crippen molar-refractivity contribution in [1.29, 1.82) is 0 Å². The second-order valence-electron chi connectivity index (χ2n) is 7.87. The molecule has 1 saturated heterocycles. The maximum atomic E-state index is 12.7. The molecule has 4 rings (SSSR count). The second kappa shape index (κ2) is 8.57. The van der Waals surface area contributed by atoms with Crippen molar-refractivity contribution in [3.63, 3.8) is 0 Å². The van der Waals surface area contributed by atoms with Gasteiger partial charge in [-0.2, -0.15) is 5.10 Å². The van der Waals surface area contributed by atoms with Gasteiger partial charge in [-0.1, -0.05) is 29.8 Å². The summed E-state index contributed by atoms with van der Waals surface area (Å²) in [4.78, 5) is 19.3. The highest BCUT2D eigenvalue weighted by atomic mass is 16.2. The van der Waals surface area contributed by atoms with Crippen LogP contribution in [0.15, 0.2) is 48.8 Å². The first-order valence-corrected chi connectivity index (χ1v) is 10.1. The third kappa shape index (κ3) is 4.71. The van der Waals surface area contributed by atoms with Crippen LogP contribution in [-0.2, 0) is 6.54 Å². The number of pyridine rings is 1. The molecule has 6 heteroatoms. The molecule has 1 amide bonds. The number of hydrogen-bond donors (Lipinski definition) is 2. The zero-order valence-corrected chi connectivity index (χ0v) is 17.0. The predicted molar refractivity (Wildman–Crippen MR) is 113 cm³/mol. The van der Waals surface area contributed by atoms with E-state index in [1.165, 1.54) is 11.1 Å². The van der Waals surface area contributed by atoms with Gasteiger partial charge in [0.2, 0.25) is 0 Å². The zero-order valence-electron chi connectivity index (χ0n) is 17.0. The Kier molecular flexibility index (Phi) is 5.71. The minimum Gasteiger partial charge on any atom is -0.348 e. The van der Waals surface area contributed by atoms with Crippen LogP contribution in [0.3, 0.4) is 0 Å². The lowest BCUT2D eigenvalue weighted by atomic mass is 10.0. The highest BCUT2D eigenvalue weighted by Crippen LogP contribution is 2.23. The number of aromatic nitrogens is 3. The lowest BCUT2D eigenvalue weighted by Gasteiger charge is -2.32. The Morgan fingerprint density at radius 2 is 2.03 bits per heavy atom. The number of aryl methyl sites for hydroxylation is 2. The van der Waals surface area contributed by atoms with Crippen LogP contribution in [-0.4, -0.2) is 45.1 Å². The molecule has 2 N–H and O–H groups in total. The Balaban J connectivity index is 1.32. The lowest BCUT2D eigenvalue weighted by molar-refractivity contribution is 0.0904. The van der Waals surface area contributed by atoms with E-state index in [-0.39, 0.29) is 11.9 Å². The number of likely N-dealkylation sites (tertiary alicyclic amines) is 1. The van der Waals surface area contributed by atoms with E-state index in [0.717, 1.165) is 49.3 Å². The van der Waals surface area contributed by atoms with E-state index < -0.39 is 0 Å². The van der Waals surface area contributed by atoms with E-state index in [4.69, 9.17) is 0 Å². The number of hydrogen-bond acceptors (Lipinski definition) is 4. The van der Waals surface area contributed by atoms with Crippen molar-refractivity contribution >= 4 is 5.91 Å². The fourth-order valence-corrected chi connectivity index (χ4v) is 3.93. The first-order valence-electron chi connectivity index (χ1n) is 10.1. The van der Waals surface area contributed by atoms with Crippen molar-refractivity contribution in [2.24, 2.45) is 0 Å². The summed E-state index contributed by atoms with van der Waals surface area (Å²) in [5.74, 6) is -0.0841. The van der Waals surface area contributed by atoms with Gasteiger partial charge in [-0.3, -0.25) is 19.8 Å². The average molecular weight is 390 g/mol. The summed E-state index contributed by atoms with van der Waals surface area (Å²) in [5.41, 5.74) is 5.97. The van der Waals surface area contributed by atoms with Gasteiger partial charge in [0.1, 0.15) is 5.69 Å². The van der Waals surface area contributed by atoms with Gasteiger partial charge < -0.3 is 5.32 Å². The fraction of sp³-hybridized carbons (Fsp3) is 0.348. The number of carbonyl (C=O) groups excluding carboxylic acids is 1. The van der Waals surface area contributed by atoms with Gasteiger partial charge >= 0.3 is 0 Å². The quantitative estimate of drug-likeness (QED) is 0.701. The molecule has 0 bridgehead atoms. The SMILES string of the molecule is Cc1ccc(-c2cc(C(=O)NC3CCN(Cc4cccnc4)CC3)[nH]n2)c(C)c1. The summed E-state index contributed by atoms with van der Waals surface area (Å²) in [7, 11) is 0. The number of amides is 1. The van der Waals surface area contributed by atoms with Crippen LogP contribution in [0.4, 0.5) is 0 Å². The van der Waals surface area contributed by atoms with E-state index in [9.17, 15) is 4.79 Å². The molecule has 3 aromatic rings. The van der Waals surface area contributed by atoms with Crippen LogP contribution >= 0.6 is 0 Å². The molecular weight excluding hydrogens is 362 g/mol. The summed E-state index contributed by atoms with van der Waals surface area (Å²) in [6.45, 7) is 6.99. The van der Waals surface area contributed by atoms with Crippen LogP contribution < -0.4 is 5.32 Å². The molecule has 29 heavy (non-hydrogen) atoms. The Bertz CT molecular complexity index is 974. The molecule has 150 valence electrons. The van der Waals surface area contributed by atoms with Gasteiger partial charge in [-0.25, -0.2) is 0 Å². The number of piperidine rings is 1.